The molecule has 0 bridgehead atoms. The summed E-state index contributed by atoms with van der Waals surface area (Å²) in [5.74, 6) is 1.67. The molecular weight excluding hydrogens is 454 g/mol. The third-order valence-corrected chi connectivity index (χ3v) is 5.46. The molecule has 0 aliphatic rings. The van der Waals surface area contributed by atoms with Crippen LogP contribution < -0.4 is 24.8 Å². The second-order valence-electron chi connectivity index (χ2n) is 7.48. The second kappa shape index (κ2) is 11.8. The number of nitro benzene ring substituents is 1. The summed E-state index contributed by atoms with van der Waals surface area (Å²) in [6.45, 7) is 6.94. The van der Waals surface area contributed by atoms with Crippen LogP contribution in [-0.4, -0.2) is 61.2 Å². The largest absolute Gasteiger partial charge is 0.493 e. The average molecular weight is 484 g/mol. The van der Waals surface area contributed by atoms with E-state index in [1.165, 1.54) is 26.4 Å². The molecule has 2 amide bonds. The number of carbonyl (C=O) groups is 1. The highest BCUT2D eigenvalue weighted by atomic mass is 16.6. The monoisotopic (exact) mass is 483 g/mol. The maximum absolute atomic E-state index is 12.3. The summed E-state index contributed by atoms with van der Waals surface area (Å²) in [5, 5.41) is 17.6. The van der Waals surface area contributed by atoms with Crippen LogP contribution in [0, 0.1) is 10.1 Å². The fraction of sp³-hybridized carbons (Fsp3) is 0.333. The van der Waals surface area contributed by atoms with E-state index in [1.54, 1.807) is 30.5 Å². The summed E-state index contributed by atoms with van der Waals surface area (Å²) in [5.41, 5.74) is 0.377. The first kappa shape index (κ1) is 25.5. The van der Waals surface area contributed by atoms with Crippen molar-refractivity contribution in [2.75, 3.05) is 45.7 Å². The molecule has 0 aliphatic heterocycles. The number of likely N-dealkylation sites (N-methyl/N-ethyl adjacent to an activating group) is 1. The van der Waals surface area contributed by atoms with E-state index in [9.17, 15) is 14.9 Å². The molecule has 3 aromatic rings. The number of nitro groups is 1. The Kier molecular flexibility index (Phi) is 8.63. The summed E-state index contributed by atoms with van der Waals surface area (Å²) in [6.07, 6.45) is 1.57. The highest BCUT2D eigenvalue weighted by molar-refractivity contribution is 5.92. The molecule has 2 N–H and O–H groups in total. The van der Waals surface area contributed by atoms with Gasteiger partial charge in [0.1, 0.15) is 17.2 Å². The Bertz CT molecular complexity index is 1200. The maximum Gasteiger partial charge on any atom is 0.319 e. The normalized spacial score (nSPS) is 10.8. The topological polar surface area (TPSA) is 128 Å². The molecule has 0 spiro atoms. The van der Waals surface area contributed by atoms with Crippen LogP contribution in [0.4, 0.5) is 16.2 Å². The fourth-order valence-electron chi connectivity index (χ4n) is 3.53. The van der Waals surface area contributed by atoms with Crippen molar-refractivity contribution in [2.24, 2.45) is 0 Å². The minimum absolute atomic E-state index is 0.0636. The molecule has 0 aliphatic carbocycles. The highest BCUT2D eigenvalue weighted by Gasteiger charge is 2.19. The minimum Gasteiger partial charge on any atom is -0.493 e. The Labute approximate surface area is 203 Å². The molecule has 0 saturated heterocycles. The van der Waals surface area contributed by atoms with Crippen LogP contribution in [0.15, 0.2) is 42.6 Å². The Morgan fingerprint density at radius 1 is 1.06 bits per heavy atom. The van der Waals surface area contributed by atoms with Gasteiger partial charge >= 0.3 is 6.03 Å². The zero-order valence-corrected chi connectivity index (χ0v) is 20.2. The first-order chi connectivity index (χ1) is 16.9. The second-order valence-corrected chi connectivity index (χ2v) is 7.48. The molecule has 35 heavy (non-hydrogen) atoms. The van der Waals surface area contributed by atoms with Gasteiger partial charge in [0.25, 0.3) is 5.69 Å². The molecule has 1 heterocycles. The molecule has 11 nitrogen and oxygen atoms in total. The molecule has 1 aromatic heterocycles. The molecule has 11 heteroatoms. The van der Waals surface area contributed by atoms with Crippen LogP contribution in [0.1, 0.15) is 13.8 Å². The van der Waals surface area contributed by atoms with Crippen LogP contribution in [0.25, 0.3) is 10.9 Å². The highest BCUT2D eigenvalue weighted by Crippen LogP contribution is 2.38. The first-order valence-corrected chi connectivity index (χ1v) is 11.1. The number of aromatic nitrogens is 1. The molecule has 186 valence electrons. The number of hydrogen-bond acceptors (Lipinski definition) is 8. The van der Waals surface area contributed by atoms with E-state index in [2.05, 4.69) is 20.5 Å². The van der Waals surface area contributed by atoms with Crippen molar-refractivity contribution in [3.05, 3.63) is 52.7 Å². The lowest BCUT2D eigenvalue weighted by molar-refractivity contribution is -0.384. The third-order valence-electron chi connectivity index (χ3n) is 5.46. The van der Waals surface area contributed by atoms with Crippen LogP contribution in [-0.2, 0) is 0 Å². The predicted octanol–water partition coefficient (Wildman–Crippen LogP) is 4.42. The Morgan fingerprint density at radius 2 is 1.77 bits per heavy atom. The summed E-state index contributed by atoms with van der Waals surface area (Å²) in [7, 11) is 3.06. The van der Waals surface area contributed by atoms with Gasteiger partial charge in [-0.1, -0.05) is 13.8 Å². The lowest BCUT2D eigenvalue weighted by atomic mass is 10.1. The zero-order valence-electron chi connectivity index (χ0n) is 20.2. The van der Waals surface area contributed by atoms with Gasteiger partial charge in [0, 0.05) is 30.7 Å². The van der Waals surface area contributed by atoms with Crippen molar-refractivity contribution >= 4 is 28.3 Å². The molecule has 0 radical (unpaired) electrons. The average Bonchev–Trinajstić information content (AvgIpc) is 2.86. The predicted molar refractivity (Wildman–Crippen MR) is 133 cm³/mol. The van der Waals surface area contributed by atoms with Crippen molar-refractivity contribution in [2.45, 2.75) is 13.8 Å². The summed E-state index contributed by atoms with van der Waals surface area (Å²) in [4.78, 5) is 29.9. The Balaban J connectivity index is 1.80. The number of nitrogens with zero attached hydrogens (tertiary/aromatic N) is 3. The number of rotatable bonds is 11. The number of fused-ring (bicyclic) bond motifs is 1. The maximum atomic E-state index is 12.3. The molecule has 2 aromatic carbocycles. The van der Waals surface area contributed by atoms with E-state index in [4.69, 9.17) is 14.2 Å². The van der Waals surface area contributed by atoms with Crippen molar-refractivity contribution in [3.8, 4) is 23.0 Å². The van der Waals surface area contributed by atoms with E-state index >= 15 is 0 Å². The summed E-state index contributed by atoms with van der Waals surface area (Å²) in [6, 6.07) is 8.82. The molecule has 3 rings (SSSR count). The van der Waals surface area contributed by atoms with E-state index in [-0.39, 0.29) is 17.1 Å². The zero-order chi connectivity index (χ0) is 25.4. The SMILES string of the molecule is CCN(CC)CCNC(=O)Nc1ccc(Oc2ccnc3cc(OC)c(OC)cc23)cc1[N+](=O)[O-]. The van der Waals surface area contributed by atoms with Crippen molar-refractivity contribution in [3.63, 3.8) is 0 Å². The molecule has 0 saturated carbocycles. The lowest BCUT2D eigenvalue weighted by Gasteiger charge is -2.18. The number of nitrogens with one attached hydrogen (secondary N) is 2. The van der Waals surface area contributed by atoms with Crippen LogP contribution in [0.5, 0.6) is 23.0 Å². The van der Waals surface area contributed by atoms with E-state index in [1.807, 2.05) is 13.8 Å². The number of urea groups is 1. The summed E-state index contributed by atoms with van der Waals surface area (Å²) >= 11 is 0. The molecular formula is C24H29N5O6. The Hall–Kier alpha value is -4.12. The van der Waals surface area contributed by atoms with Crippen molar-refractivity contribution in [1.29, 1.82) is 0 Å². The number of anilines is 1. The van der Waals surface area contributed by atoms with Gasteiger partial charge in [-0.25, -0.2) is 4.79 Å². The first-order valence-electron chi connectivity index (χ1n) is 11.1. The van der Waals surface area contributed by atoms with Gasteiger partial charge in [-0.2, -0.15) is 0 Å². The van der Waals surface area contributed by atoms with E-state index < -0.39 is 11.0 Å². The summed E-state index contributed by atoms with van der Waals surface area (Å²) < 4.78 is 16.6. The van der Waals surface area contributed by atoms with Gasteiger partial charge in [-0.3, -0.25) is 15.1 Å². The van der Waals surface area contributed by atoms with E-state index in [0.717, 1.165) is 13.1 Å². The minimum atomic E-state index is -0.572. The smallest absolute Gasteiger partial charge is 0.319 e. The van der Waals surface area contributed by atoms with Crippen LogP contribution in [0.3, 0.4) is 0 Å². The van der Waals surface area contributed by atoms with Gasteiger partial charge < -0.3 is 29.7 Å². The Morgan fingerprint density at radius 3 is 2.43 bits per heavy atom. The number of hydrogen-bond donors (Lipinski definition) is 2. The van der Waals surface area contributed by atoms with Gasteiger partial charge in [0.05, 0.1) is 30.7 Å². The van der Waals surface area contributed by atoms with Crippen molar-refractivity contribution < 1.29 is 23.9 Å². The van der Waals surface area contributed by atoms with Crippen molar-refractivity contribution in [1.82, 2.24) is 15.2 Å². The number of amides is 2. The number of benzene rings is 2. The quantitative estimate of drug-likeness (QED) is 0.303. The standard InChI is InChI=1S/C24H29N5O6/c1-5-28(6-2)12-11-26-24(30)27-18-8-7-16(13-20(18)29(31)32)35-21-9-10-25-19-15-23(34-4)22(33-3)14-17(19)21/h7-10,13-15H,5-6,11-12H2,1-4H3,(H2,26,27,30). The van der Waals surface area contributed by atoms with Gasteiger partial charge in [-0.15, -0.1) is 0 Å². The number of pyridine rings is 1. The fourth-order valence-corrected chi connectivity index (χ4v) is 3.53. The third kappa shape index (κ3) is 6.27. The van der Waals surface area contributed by atoms with Gasteiger partial charge in [0.15, 0.2) is 11.5 Å². The number of methoxy groups -OCH3 is 2. The number of carbonyl (C=O) groups excluding carboxylic acids is 1. The van der Waals surface area contributed by atoms with Gasteiger partial charge in [0.2, 0.25) is 0 Å². The van der Waals surface area contributed by atoms with Crippen LogP contribution in [0.2, 0.25) is 0 Å². The van der Waals surface area contributed by atoms with E-state index in [0.29, 0.717) is 41.2 Å². The number of ether oxygens (including phenoxy) is 3. The molecule has 0 fully saturated rings. The molecule has 0 atom stereocenters. The lowest BCUT2D eigenvalue weighted by Crippen LogP contribution is -2.37. The molecule has 0 unspecified atom stereocenters. The van der Waals surface area contributed by atoms with Crippen LogP contribution >= 0.6 is 0 Å². The van der Waals surface area contributed by atoms with Gasteiger partial charge in [-0.05, 0) is 37.4 Å².